The fourth-order valence-corrected chi connectivity index (χ4v) is 5.84. The highest BCUT2D eigenvalue weighted by molar-refractivity contribution is 7.20. The predicted octanol–water partition coefficient (Wildman–Crippen LogP) is 4.22. The molecule has 6 rings (SSSR count). The molecular weight excluding hydrogens is 512 g/mol. The van der Waals surface area contributed by atoms with Crippen LogP contribution < -0.4 is 15.0 Å². The van der Waals surface area contributed by atoms with Gasteiger partial charge in [0.2, 0.25) is 0 Å². The van der Waals surface area contributed by atoms with Crippen molar-refractivity contribution in [1.82, 2.24) is 14.7 Å². The summed E-state index contributed by atoms with van der Waals surface area (Å²) in [7, 11) is 1.64. The third-order valence-electron chi connectivity index (χ3n) is 6.76. The fourth-order valence-electron chi connectivity index (χ4n) is 4.64. The summed E-state index contributed by atoms with van der Waals surface area (Å²) in [6.07, 6.45) is 4.02. The number of anilines is 1. The molecule has 4 aromatic rings. The lowest BCUT2D eigenvalue weighted by molar-refractivity contribution is -0.120. The number of imidazole rings is 1. The summed E-state index contributed by atoms with van der Waals surface area (Å²) in [5.74, 6) is 5.94. The summed E-state index contributed by atoms with van der Waals surface area (Å²) in [6, 6.07) is 14.6. The average Bonchev–Trinajstić information content (AvgIpc) is 3.59. The molecule has 2 aliphatic rings. The summed E-state index contributed by atoms with van der Waals surface area (Å²) >= 11 is 1.58. The number of fused-ring (bicyclic) bond motifs is 2. The van der Waals surface area contributed by atoms with Gasteiger partial charge in [-0.3, -0.25) is 14.0 Å². The first kappa shape index (κ1) is 25.2. The number of ether oxygens (including phenoxy) is 1. The van der Waals surface area contributed by atoms with Crippen LogP contribution >= 0.6 is 11.3 Å². The Balaban J connectivity index is 1.23. The van der Waals surface area contributed by atoms with Gasteiger partial charge in [0.05, 0.1) is 10.6 Å². The highest BCUT2D eigenvalue weighted by Crippen LogP contribution is 2.47. The smallest absolute Gasteiger partial charge is 0.272 e. The van der Waals surface area contributed by atoms with Crippen molar-refractivity contribution in [3.63, 3.8) is 0 Å². The van der Waals surface area contributed by atoms with E-state index in [1.807, 2.05) is 22.6 Å². The van der Waals surface area contributed by atoms with E-state index in [1.54, 1.807) is 56.6 Å². The summed E-state index contributed by atoms with van der Waals surface area (Å²) in [5, 5.41) is 12.7. The highest BCUT2D eigenvalue weighted by atomic mass is 32.1. The number of carbonyl (C=O) groups is 2. The number of hydrogen-bond acceptors (Lipinski definition) is 6. The molecule has 1 fully saturated rings. The zero-order valence-corrected chi connectivity index (χ0v) is 22.7. The number of amides is 2. The second-order valence-electron chi connectivity index (χ2n) is 10.5. The van der Waals surface area contributed by atoms with Gasteiger partial charge in [0.25, 0.3) is 11.8 Å². The Labute approximate surface area is 230 Å². The van der Waals surface area contributed by atoms with E-state index in [0.717, 1.165) is 23.4 Å². The Morgan fingerprint density at radius 2 is 1.97 bits per heavy atom. The van der Waals surface area contributed by atoms with Crippen LogP contribution in [0.1, 0.15) is 54.4 Å². The number of rotatable bonds is 4. The summed E-state index contributed by atoms with van der Waals surface area (Å²) in [6.45, 7) is 3.20. The Morgan fingerprint density at radius 1 is 1.21 bits per heavy atom. The minimum Gasteiger partial charge on any atom is -0.489 e. The van der Waals surface area contributed by atoms with Gasteiger partial charge in [-0.25, -0.2) is 4.98 Å². The topological polar surface area (TPSA) is 96.2 Å². The molecule has 2 N–H and O–H groups in total. The second kappa shape index (κ2) is 9.56. The number of thiazole rings is 1. The van der Waals surface area contributed by atoms with Gasteiger partial charge < -0.3 is 20.1 Å². The van der Waals surface area contributed by atoms with Crippen LogP contribution in [0.2, 0.25) is 0 Å². The molecule has 1 aliphatic carbocycles. The molecule has 0 bridgehead atoms. The van der Waals surface area contributed by atoms with Crippen LogP contribution in [-0.4, -0.2) is 51.6 Å². The van der Waals surface area contributed by atoms with Crippen LogP contribution in [0.15, 0.2) is 54.7 Å². The molecule has 9 heteroatoms. The van der Waals surface area contributed by atoms with Crippen LogP contribution in [0.3, 0.4) is 0 Å². The Bertz CT molecular complexity index is 1650. The molecule has 198 valence electrons. The lowest BCUT2D eigenvalue weighted by atomic mass is 10.1. The van der Waals surface area contributed by atoms with E-state index in [1.165, 1.54) is 15.5 Å². The van der Waals surface area contributed by atoms with Gasteiger partial charge >= 0.3 is 0 Å². The summed E-state index contributed by atoms with van der Waals surface area (Å²) in [5.41, 5.74) is 2.67. The van der Waals surface area contributed by atoms with E-state index in [2.05, 4.69) is 34.3 Å². The Kier molecular flexibility index (Phi) is 6.17. The van der Waals surface area contributed by atoms with E-state index in [9.17, 15) is 14.7 Å². The van der Waals surface area contributed by atoms with Crippen LogP contribution in [0.25, 0.3) is 15.4 Å². The van der Waals surface area contributed by atoms with Gasteiger partial charge in [-0.05, 0) is 50.5 Å². The van der Waals surface area contributed by atoms with Crippen LogP contribution in [0, 0.1) is 11.8 Å². The second-order valence-corrected chi connectivity index (χ2v) is 11.4. The number of benzene rings is 2. The molecular formula is C30H28N4O4S. The normalized spacial score (nSPS) is 17.2. The maximum atomic E-state index is 13.3. The van der Waals surface area contributed by atoms with E-state index in [4.69, 9.17) is 4.74 Å². The lowest BCUT2D eigenvalue weighted by Crippen LogP contribution is -2.49. The molecule has 0 radical (unpaired) electrons. The summed E-state index contributed by atoms with van der Waals surface area (Å²) < 4.78 is 7.94. The molecule has 3 heterocycles. The lowest BCUT2D eigenvalue weighted by Gasteiger charge is -2.20. The zero-order valence-electron chi connectivity index (χ0n) is 21.9. The monoisotopic (exact) mass is 540 g/mol. The molecule has 0 saturated heterocycles. The number of nitrogens with one attached hydrogen (secondary N) is 1. The van der Waals surface area contributed by atoms with Crippen molar-refractivity contribution in [2.45, 2.75) is 44.2 Å². The number of carbonyl (C=O) groups excluding carboxylic acids is 2. The molecule has 2 aromatic carbocycles. The van der Waals surface area contributed by atoms with E-state index < -0.39 is 17.6 Å². The maximum Gasteiger partial charge on any atom is 0.272 e. The first-order valence-corrected chi connectivity index (χ1v) is 13.7. The zero-order chi connectivity index (χ0) is 27.3. The van der Waals surface area contributed by atoms with Gasteiger partial charge in [-0.2, -0.15) is 0 Å². The van der Waals surface area contributed by atoms with Crippen molar-refractivity contribution in [2.75, 3.05) is 18.6 Å². The average molecular weight is 541 g/mol. The Hall–Kier alpha value is -4.13. The summed E-state index contributed by atoms with van der Waals surface area (Å²) in [4.78, 5) is 34.6. The number of aromatic nitrogens is 2. The van der Waals surface area contributed by atoms with Gasteiger partial charge in [0.15, 0.2) is 4.96 Å². The van der Waals surface area contributed by atoms with Gasteiger partial charge in [-0.15, -0.1) is 0 Å². The van der Waals surface area contributed by atoms with Crippen molar-refractivity contribution < 1.29 is 19.4 Å². The molecule has 2 amide bonds. The van der Waals surface area contributed by atoms with Crippen molar-refractivity contribution in [1.29, 1.82) is 0 Å². The largest absolute Gasteiger partial charge is 0.489 e. The van der Waals surface area contributed by atoms with Crippen LogP contribution in [-0.2, 0) is 4.79 Å². The molecule has 1 saturated carbocycles. The third-order valence-corrected chi connectivity index (χ3v) is 7.88. The molecule has 8 nitrogen and oxygen atoms in total. The van der Waals surface area contributed by atoms with E-state index in [-0.39, 0.29) is 18.2 Å². The van der Waals surface area contributed by atoms with Crippen molar-refractivity contribution >= 4 is 33.8 Å². The Morgan fingerprint density at radius 3 is 2.69 bits per heavy atom. The third kappa shape index (κ3) is 5.01. The molecule has 0 spiro atoms. The van der Waals surface area contributed by atoms with E-state index in [0.29, 0.717) is 22.9 Å². The fraction of sp³-hybridized carbons (Fsp3) is 0.300. The number of hydrogen-bond donors (Lipinski definition) is 2. The molecule has 2 aromatic heterocycles. The van der Waals surface area contributed by atoms with Gasteiger partial charge in [-0.1, -0.05) is 53.5 Å². The number of likely N-dealkylation sites (N-methyl/N-ethyl adjacent to an activating group) is 1. The quantitative estimate of drug-likeness (QED) is 0.378. The maximum absolute atomic E-state index is 13.3. The number of nitrogens with zero attached hydrogens (tertiary/aromatic N) is 3. The SMILES string of the molecule is CN1C(=O)[C@@H](NC(=O)c2cn3c(C4CC4)c(-c4ccccc4)sc3n2)COc2ccc(C#CC(C)(C)O)cc21. The standard InChI is InChI=1S/C30H28N4O4S/c1-30(2,37)14-13-18-9-12-24-23(15-18)33(3)28(36)22(17-38-24)31-27(35)21-16-34-25(19-10-11-19)26(39-29(34)32-21)20-7-5-4-6-8-20/h4-9,12,15-16,19,22,37H,10-11,17H2,1-3H3,(H,31,35)/t22-/m0/s1. The minimum absolute atomic E-state index is 0.00962. The number of aliphatic hydroxyl groups is 1. The predicted molar refractivity (Wildman–Crippen MR) is 150 cm³/mol. The van der Waals surface area contributed by atoms with Crippen molar-refractivity contribution in [3.05, 3.63) is 71.7 Å². The molecule has 1 atom stereocenters. The molecule has 39 heavy (non-hydrogen) atoms. The minimum atomic E-state index is -1.13. The highest BCUT2D eigenvalue weighted by Gasteiger charge is 2.34. The van der Waals surface area contributed by atoms with Crippen LogP contribution in [0.4, 0.5) is 5.69 Å². The van der Waals surface area contributed by atoms with Crippen molar-refractivity contribution in [2.24, 2.45) is 0 Å². The first-order valence-electron chi connectivity index (χ1n) is 12.9. The van der Waals surface area contributed by atoms with Crippen molar-refractivity contribution in [3.8, 4) is 28.0 Å². The van der Waals surface area contributed by atoms with Crippen LogP contribution in [0.5, 0.6) is 5.75 Å². The van der Waals surface area contributed by atoms with Gasteiger partial charge in [0, 0.05) is 30.4 Å². The molecule has 0 unspecified atom stereocenters. The van der Waals surface area contributed by atoms with Gasteiger partial charge in [0.1, 0.15) is 29.7 Å². The van der Waals surface area contributed by atoms with E-state index >= 15 is 0 Å². The first-order chi connectivity index (χ1) is 18.7. The molecule has 1 aliphatic heterocycles.